The molecular weight excluding hydrogens is 246 g/mol. The first-order valence-electron chi connectivity index (χ1n) is 6.32. The molecular formula is C14H19NO4. The average Bonchev–Trinajstić information content (AvgIpc) is 2.42. The zero-order valence-electron chi connectivity index (χ0n) is 11.0. The first kappa shape index (κ1) is 14.0. The van der Waals surface area contributed by atoms with Crippen molar-refractivity contribution in [3.05, 3.63) is 35.4 Å². The number of aliphatic carboxylic acids is 1. The van der Waals surface area contributed by atoms with Crippen LogP contribution in [0, 0.1) is 0 Å². The highest BCUT2D eigenvalue weighted by molar-refractivity contribution is 5.73. The van der Waals surface area contributed by atoms with Crippen molar-refractivity contribution >= 4 is 5.97 Å². The molecule has 19 heavy (non-hydrogen) atoms. The zero-order chi connectivity index (χ0) is 13.7. The Morgan fingerprint density at radius 2 is 2.21 bits per heavy atom. The van der Waals surface area contributed by atoms with Crippen molar-refractivity contribution in [1.82, 2.24) is 4.90 Å². The van der Waals surface area contributed by atoms with Crippen LogP contribution in [0.3, 0.4) is 0 Å². The number of rotatable bonds is 5. The molecule has 1 heterocycles. The van der Waals surface area contributed by atoms with E-state index in [2.05, 4.69) is 0 Å². The number of hydrogen-bond acceptors (Lipinski definition) is 4. The summed E-state index contributed by atoms with van der Waals surface area (Å²) in [5, 5.41) is 9.21. The van der Waals surface area contributed by atoms with Gasteiger partial charge in [-0.1, -0.05) is 24.3 Å². The number of benzene rings is 1. The second-order valence-corrected chi connectivity index (χ2v) is 4.60. The monoisotopic (exact) mass is 265 g/mol. The molecule has 1 N–H and O–H groups in total. The highest BCUT2D eigenvalue weighted by Crippen LogP contribution is 2.16. The van der Waals surface area contributed by atoms with Gasteiger partial charge < -0.3 is 14.6 Å². The minimum Gasteiger partial charge on any atom is -0.480 e. The number of carboxylic acids is 1. The Hall–Kier alpha value is -1.43. The third-order valence-corrected chi connectivity index (χ3v) is 3.32. The van der Waals surface area contributed by atoms with E-state index < -0.39 is 12.0 Å². The topological polar surface area (TPSA) is 59.0 Å². The van der Waals surface area contributed by atoms with Gasteiger partial charge in [0, 0.05) is 20.2 Å². The third-order valence-electron chi connectivity index (χ3n) is 3.32. The summed E-state index contributed by atoms with van der Waals surface area (Å²) in [4.78, 5) is 13.2. The van der Waals surface area contributed by atoms with E-state index in [0.29, 0.717) is 26.3 Å². The van der Waals surface area contributed by atoms with Gasteiger partial charge in [-0.15, -0.1) is 0 Å². The average molecular weight is 265 g/mol. The Kier molecular flexibility index (Phi) is 4.90. The SMILES string of the molecule is COCc1ccccc1CN1CCOCC1C(=O)O. The molecule has 5 heteroatoms. The van der Waals surface area contributed by atoms with Crippen LogP contribution in [0.15, 0.2) is 24.3 Å². The molecule has 0 bridgehead atoms. The van der Waals surface area contributed by atoms with Crippen LogP contribution in [-0.2, 0) is 27.4 Å². The van der Waals surface area contributed by atoms with Gasteiger partial charge in [0.2, 0.25) is 0 Å². The van der Waals surface area contributed by atoms with Crippen molar-refractivity contribution in [3.8, 4) is 0 Å². The van der Waals surface area contributed by atoms with Crippen LogP contribution in [0.2, 0.25) is 0 Å². The van der Waals surface area contributed by atoms with Crippen molar-refractivity contribution in [3.63, 3.8) is 0 Å². The molecule has 0 amide bonds. The number of hydrogen-bond donors (Lipinski definition) is 1. The molecule has 1 unspecified atom stereocenters. The second-order valence-electron chi connectivity index (χ2n) is 4.60. The van der Waals surface area contributed by atoms with Crippen molar-refractivity contribution in [2.75, 3.05) is 26.9 Å². The second kappa shape index (κ2) is 6.65. The summed E-state index contributed by atoms with van der Waals surface area (Å²) < 4.78 is 10.4. The molecule has 0 saturated carbocycles. The molecule has 5 nitrogen and oxygen atoms in total. The molecule has 1 aliphatic rings. The van der Waals surface area contributed by atoms with Gasteiger partial charge in [-0.25, -0.2) is 0 Å². The Morgan fingerprint density at radius 3 is 2.89 bits per heavy atom. The lowest BCUT2D eigenvalue weighted by atomic mass is 10.1. The first-order valence-corrected chi connectivity index (χ1v) is 6.32. The number of nitrogens with zero attached hydrogens (tertiary/aromatic N) is 1. The maximum Gasteiger partial charge on any atom is 0.323 e. The highest BCUT2D eigenvalue weighted by atomic mass is 16.5. The van der Waals surface area contributed by atoms with Gasteiger partial charge in [0.15, 0.2) is 0 Å². The molecule has 1 aromatic carbocycles. The van der Waals surface area contributed by atoms with E-state index in [9.17, 15) is 9.90 Å². The number of carbonyl (C=O) groups is 1. The van der Waals surface area contributed by atoms with E-state index in [-0.39, 0.29) is 6.61 Å². The summed E-state index contributed by atoms with van der Waals surface area (Å²) in [5.74, 6) is -0.830. The predicted molar refractivity (Wildman–Crippen MR) is 69.8 cm³/mol. The fraction of sp³-hybridized carbons (Fsp3) is 0.500. The summed E-state index contributed by atoms with van der Waals surface area (Å²) in [6.45, 7) is 2.62. The van der Waals surface area contributed by atoms with Crippen LogP contribution in [0.25, 0.3) is 0 Å². The largest absolute Gasteiger partial charge is 0.480 e. The van der Waals surface area contributed by atoms with Gasteiger partial charge >= 0.3 is 5.97 Å². The normalized spacial score (nSPS) is 20.4. The minimum absolute atomic E-state index is 0.252. The molecule has 0 radical (unpaired) electrons. The Bertz CT molecular complexity index is 435. The lowest BCUT2D eigenvalue weighted by molar-refractivity contribution is -0.150. The Morgan fingerprint density at radius 1 is 1.47 bits per heavy atom. The van der Waals surface area contributed by atoms with E-state index in [1.54, 1.807) is 7.11 Å². The summed E-state index contributed by atoms with van der Waals surface area (Å²) >= 11 is 0. The molecule has 104 valence electrons. The third kappa shape index (κ3) is 3.53. The predicted octanol–water partition coefficient (Wildman–Crippen LogP) is 1.12. The maximum atomic E-state index is 11.2. The van der Waals surface area contributed by atoms with Gasteiger partial charge in [0.25, 0.3) is 0 Å². The number of methoxy groups -OCH3 is 1. The zero-order valence-corrected chi connectivity index (χ0v) is 11.0. The fourth-order valence-corrected chi connectivity index (χ4v) is 2.28. The number of ether oxygens (including phenoxy) is 2. The molecule has 1 aromatic rings. The van der Waals surface area contributed by atoms with E-state index in [4.69, 9.17) is 9.47 Å². The summed E-state index contributed by atoms with van der Waals surface area (Å²) in [5.41, 5.74) is 2.21. The summed E-state index contributed by atoms with van der Waals surface area (Å²) in [7, 11) is 1.66. The van der Waals surface area contributed by atoms with Gasteiger partial charge in [0.05, 0.1) is 19.8 Å². The van der Waals surface area contributed by atoms with E-state index >= 15 is 0 Å². The minimum atomic E-state index is -0.830. The molecule has 0 spiro atoms. The van der Waals surface area contributed by atoms with Crippen LogP contribution in [0.4, 0.5) is 0 Å². The van der Waals surface area contributed by atoms with E-state index in [1.165, 1.54) is 0 Å². The molecule has 1 saturated heterocycles. The van der Waals surface area contributed by atoms with Crippen LogP contribution in [0.1, 0.15) is 11.1 Å². The Balaban J connectivity index is 2.12. The molecule has 1 atom stereocenters. The number of morpholine rings is 1. The lowest BCUT2D eigenvalue weighted by Gasteiger charge is -2.33. The van der Waals surface area contributed by atoms with Gasteiger partial charge in [0.1, 0.15) is 6.04 Å². The van der Waals surface area contributed by atoms with Gasteiger partial charge in [-0.2, -0.15) is 0 Å². The Labute approximate surface area is 112 Å². The highest BCUT2D eigenvalue weighted by Gasteiger charge is 2.29. The molecule has 0 aromatic heterocycles. The van der Waals surface area contributed by atoms with Crippen molar-refractivity contribution in [2.45, 2.75) is 19.2 Å². The molecule has 2 rings (SSSR count). The quantitative estimate of drug-likeness (QED) is 0.864. The summed E-state index contributed by atoms with van der Waals surface area (Å²) in [6, 6.07) is 7.39. The standard InChI is InChI=1S/C14H19NO4/c1-18-9-12-5-3-2-4-11(12)8-15-6-7-19-10-13(15)14(16)17/h2-5,13H,6-10H2,1H3,(H,16,17). The van der Waals surface area contributed by atoms with Crippen molar-refractivity contribution in [1.29, 1.82) is 0 Å². The molecule has 1 fully saturated rings. The number of carboxylic acid groups (broad SMARTS) is 1. The van der Waals surface area contributed by atoms with E-state index in [0.717, 1.165) is 11.1 Å². The van der Waals surface area contributed by atoms with Crippen molar-refractivity contribution in [2.24, 2.45) is 0 Å². The van der Waals surface area contributed by atoms with Gasteiger partial charge in [-0.3, -0.25) is 9.69 Å². The summed E-state index contributed by atoms with van der Waals surface area (Å²) in [6.07, 6.45) is 0. The maximum absolute atomic E-state index is 11.2. The smallest absolute Gasteiger partial charge is 0.323 e. The van der Waals surface area contributed by atoms with Crippen LogP contribution >= 0.6 is 0 Å². The lowest BCUT2D eigenvalue weighted by Crippen LogP contribution is -2.49. The van der Waals surface area contributed by atoms with Crippen LogP contribution in [0.5, 0.6) is 0 Å². The van der Waals surface area contributed by atoms with E-state index in [1.807, 2.05) is 29.2 Å². The van der Waals surface area contributed by atoms with Gasteiger partial charge in [-0.05, 0) is 11.1 Å². The van der Waals surface area contributed by atoms with Crippen LogP contribution < -0.4 is 0 Å². The molecule has 1 aliphatic heterocycles. The van der Waals surface area contributed by atoms with Crippen molar-refractivity contribution < 1.29 is 19.4 Å². The fourth-order valence-electron chi connectivity index (χ4n) is 2.28. The first-order chi connectivity index (χ1) is 9.22. The van der Waals surface area contributed by atoms with Crippen LogP contribution in [-0.4, -0.2) is 48.9 Å². The molecule has 0 aliphatic carbocycles.